The van der Waals surface area contributed by atoms with Crippen LogP contribution in [0.15, 0.2) is 72.8 Å². The summed E-state index contributed by atoms with van der Waals surface area (Å²) in [6, 6.07) is 23.5. The normalized spacial score (nSPS) is 12.5. The standard InChI is InChI=1S/C45H66O4/c1-5-8-10-11-12-13-14-15-16-17-18-19-20-21-36-47-37(4)38-24-26-39(27-25-38)40-28-30-41(31-29-40)45(46)49-44-34-32-43(33-35-44)48-42(22-7-3)23-9-6-2/h24-35,37,42H,5-23,36H2,1-4H3. The molecule has 0 spiro atoms. The van der Waals surface area contributed by atoms with Crippen molar-refractivity contribution in [3.8, 4) is 22.6 Å². The highest BCUT2D eigenvalue weighted by atomic mass is 16.5. The molecule has 0 N–H and O–H groups in total. The molecule has 0 heterocycles. The van der Waals surface area contributed by atoms with E-state index in [1.165, 1.54) is 95.5 Å². The monoisotopic (exact) mass is 670 g/mol. The van der Waals surface area contributed by atoms with Crippen molar-refractivity contribution in [2.45, 2.75) is 162 Å². The first-order valence-electron chi connectivity index (χ1n) is 19.8. The Bertz CT molecular complexity index is 1250. The smallest absolute Gasteiger partial charge is 0.343 e. The van der Waals surface area contributed by atoms with E-state index in [4.69, 9.17) is 14.2 Å². The van der Waals surface area contributed by atoms with Crippen LogP contribution in [0.25, 0.3) is 11.1 Å². The van der Waals surface area contributed by atoms with Gasteiger partial charge in [-0.05, 0) is 79.3 Å². The molecule has 270 valence electrons. The fourth-order valence-corrected chi connectivity index (χ4v) is 6.36. The van der Waals surface area contributed by atoms with Gasteiger partial charge in [0.15, 0.2) is 0 Å². The number of unbranched alkanes of at least 4 members (excludes halogenated alkanes) is 14. The van der Waals surface area contributed by atoms with Gasteiger partial charge in [-0.15, -0.1) is 0 Å². The van der Waals surface area contributed by atoms with Crippen LogP contribution in [0.4, 0.5) is 0 Å². The second kappa shape index (κ2) is 24.9. The van der Waals surface area contributed by atoms with Crippen LogP contribution in [0.5, 0.6) is 11.5 Å². The SMILES string of the molecule is CCCCCCCCCCCCCCCCOC(C)c1ccc(-c2ccc(C(=O)Oc3ccc(OC(CCC)CCCC)cc3)cc2)cc1. The van der Waals surface area contributed by atoms with Crippen LogP contribution in [0.2, 0.25) is 0 Å². The first-order valence-corrected chi connectivity index (χ1v) is 19.8. The second-order valence-corrected chi connectivity index (χ2v) is 13.8. The van der Waals surface area contributed by atoms with E-state index in [0.717, 1.165) is 55.6 Å². The number of benzene rings is 3. The van der Waals surface area contributed by atoms with Crippen molar-refractivity contribution in [2.75, 3.05) is 6.61 Å². The predicted octanol–water partition coefficient (Wildman–Crippen LogP) is 13.9. The summed E-state index contributed by atoms with van der Waals surface area (Å²) in [5.41, 5.74) is 3.88. The van der Waals surface area contributed by atoms with Gasteiger partial charge in [-0.25, -0.2) is 4.79 Å². The molecular weight excluding hydrogens is 604 g/mol. The Hall–Kier alpha value is -3.11. The zero-order valence-electron chi connectivity index (χ0n) is 31.4. The van der Waals surface area contributed by atoms with Gasteiger partial charge in [0.05, 0.1) is 17.8 Å². The van der Waals surface area contributed by atoms with Crippen LogP contribution in [0.1, 0.15) is 172 Å². The fraction of sp³-hybridized carbons (Fsp3) is 0.578. The molecule has 4 heteroatoms. The zero-order valence-corrected chi connectivity index (χ0v) is 31.4. The van der Waals surface area contributed by atoms with E-state index >= 15 is 0 Å². The summed E-state index contributed by atoms with van der Waals surface area (Å²) in [7, 11) is 0. The Morgan fingerprint density at radius 1 is 0.531 bits per heavy atom. The third kappa shape index (κ3) is 16.4. The van der Waals surface area contributed by atoms with Gasteiger partial charge in [0.1, 0.15) is 11.5 Å². The molecule has 0 radical (unpaired) electrons. The van der Waals surface area contributed by atoms with E-state index in [1.54, 1.807) is 12.1 Å². The summed E-state index contributed by atoms with van der Waals surface area (Å²) in [6.45, 7) is 9.63. The minimum absolute atomic E-state index is 0.0765. The molecule has 0 aliphatic carbocycles. The molecule has 0 saturated heterocycles. The maximum absolute atomic E-state index is 12.8. The number of hydrogen-bond acceptors (Lipinski definition) is 4. The number of carbonyl (C=O) groups excluding carboxylic acids is 1. The van der Waals surface area contributed by atoms with E-state index in [2.05, 4.69) is 52.0 Å². The number of hydrogen-bond donors (Lipinski definition) is 0. The van der Waals surface area contributed by atoms with Crippen LogP contribution in [-0.2, 0) is 4.74 Å². The van der Waals surface area contributed by atoms with Gasteiger partial charge in [0, 0.05) is 6.61 Å². The summed E-state index contributed by atoms with van der Waals surface area (Å²) >= 11 is 0. The lowest BCUT2D eigenvalue weighted by Gasteiger charge is -2.18. The van der Waals surface area contributed by atoms with Gasteiger partial charge in [-0.3, -0.25) is 0 Å². The third-order valence-electron chi connectivity index (χ3n) is 9.53. The van der Waals surface area contributed by atoms with Gasteiger partial charge in [-0.1, -0.05) is 160 Å². The highest BCUT2D eigenvalue weighted by Crippen LogP contribution is 2.26. The molecule has 0 aliphatic rings. The predicted molar refractivity (Wildman–Crippen MR) is 207 cm³/mol. The summed E-state index contributed by atoms with van der Waals surface area (Å²) in [4.78, 5) is 12.8. The van der Waals surface area contributed by atoms with Crippen LogP contribution >= 0.6 is 0 Å². The van der Waals surface area contributed by atoms with Crippen molar-refractivity contribution in [2.24, 2.45) is 0 Å². The molecule has 0 saturated carbocycles. The van der Waals surface area contributed by atoms with Gasteiger partial charge < -0.3 is 14.2 Å². The Morgan fingerprint density at radius 3 is 1.55 bits per heavy atom. The minimum Gasteiger partial charge on any atom is -0.490 e. The Kier molecular flexibility index (Phi) is 20.5. The topological polar surface area (TPSA) is 44.8 Å². The Balaban J connectivity index is 1.31. The molecule has 49 heavy (non-hydrogen) atoms. The molecule has 4 nitrogen and oxygen atoms in total. The van der Waals surface area contributed by atoms with Gasteiger partial charge in [0.2, 0.25) is 0 Å². The van der Waals surface area contributed by atoms with Crippen LogP contribution in [0.3, 0.4) is 0 Å². The first kappa shape index (κ1) is 40.3. The second-order valence-electron chi connectivity index (χ2n) is 13.8. The van der Waals surface area contributed by atoms with Gasteiger partial charge in [0.25, 0.3) is 0 Å². The van der Waals surface area contributed by atoms with Crippen LogP contribution in [-0.4, -0.2) is 18.7 Å². The molecule has 3 aromatic carbocycles. The molecule has 2 atom stereocenters. The summed E-state index contributed by atoms with van der Waals surface area (Å²) in [6.07, 6.45) is 25.0. The largest absolute Gasteiger partial charge is 0.490 e. The average molecular weight is 671 g/mol. The molecule has 3 rings (SSSR count). The zero-order chi connectivity index (χ0) is 34.9. The lowest BCUT2D eigenvalue weighted by molar-refractivity contribution is 0.0627. The number of esters is 1. The fourth-order valence-electron chi connectivity index (χ4n) is 6.36. The van der Waals surface area contributed by atoms with E-state index < -0.39 is 0 Å². The number of ether oxygens (including phenoxy) is 3. The molecule has 0 amide bonds. The summed E-state index contributed by atoms with van der Waals surface area (Å²) in [5.74, 6) is 0.959. The number of rotatable bonds is 27. The molecule has 2 unspecified atom stereocenters. The van der Waals surface area contributed by atoms with Crippen molar-refractivity contribution in [1.29, 1.82) is 0 Å². The maximum Gasteiger partial charge on any atom is 0.343 e. The third-order valence-corrected chi connectivity index (χ3v) is 9.53. The van der Waals surface area contributed by atoms with E-state index in [0.29, 0.717) is 11.3 Å². The highest BCUT2D eigenvalue weighted by Gasteiger charge is 2.12. The van der Waals surface area contributed by atoms with E-state index in [9.17, 15) is 4.79 Å². The lowest BCUT2D eigenvalue weighted by Crippen LogP contribution is -2.16. The van der Waals surface area contributed by atoms with Crippen LogP contribution < -0.4 is 9.47 Å². The molecule has 0 aliphatic heterocycles. The first-order chi connectivity index (χ1) is 24.0. The molecule has 0 aromatic heterocycles. The van der Waals surface area contributed by atoms with Gasteiger partial charge in [-0.2, -0.15) is 0 Å². The number of carbonyl (C=O) groups is 1. The summed E-state index contributed by atoms with van der Waals surface area (Å²) in [5, 5.41) is 0. The average Bonchev–Trinajstić information content (AvgIpc) is 3.13. The molecular formula is C45H66O4. The molecule has 0 fully saturated rings. The van der Waals surface area contributed by atoms with Crippen molar-refractivity contribution in [3.05, 3.63) is 83.9 Å². The molecule has 0 bridgehead atoms. The lowest BCUT2D eigenvalue weighted by atomic mass is 10.0. The van der Waals surface area contributed by atoms with Gasteiger partial charge >= 0.3 is 5.97 Å². The van der Waals surface area contributed by atoms with Crippen molar-refractivity contribution >= 4 is 5.97 Å². The van der Waals surface area contributed by atoms with Crippen molar-refractivity contribution < 1.29 is 19.0 Å². The molecule has 3 aromatic rings. The Morgan fingerprint density at radius 2 is 1.02 bits per heavy atom. The van der Waals surface area contributed by atoms with Crippen molar-refractivity contribution in [3.63, 3.8) is 0 Å². The van der Waals surface area contributed by atoms with Crippen LogP contribution in [0, 0.1) is 0 Å². The quantitative estimate of drug-likeness (QED) is 0.0460. The van der Waals surface area contributed by atoms with Crippen molar-refractivity contribution in [1.82, 2.24) is 0 Å². The van der Waals surface area contributed by atoms with E-state index in [-0.39, 0.29) is 18.2 Å². The maximum atomic E-state index is 12.8. The van der Waals surface area contributed by atoms with E-state index in [1.807, 2.05) is 36.4 Å². The summed E-state index contributed by atoms with van der Waals surface area (Å²) < 4.78 is 18.0. The highest BCUT2D eigenvalue weighted by molar-refractivity contribution is 5.91. The Labute approximate surface area is 299 Å². The minimum atomic E-state index is -0.368.